The van der Waals surface area contributed by atoms with Gasteiger partial charge in [0.25, 0.3) is 0 Å². The molecule has 0 aliphatic carbocycles. The Bertz CT molecular complexity index is 1260. The SMILES string of the molecule is CCCCOC(=O)O[C@H]1[C@H](OC(=O)OCCCC)CSC(Oc2ccc3c(C)cc(=O)oc3c2)[C@@H]1OC(=O)OCCCC. The molecular formula is C30H40O12S. The second-order valence-corrected chi connectivity index (χ2v) is 11.0. The number of hydrogen-bond donors (Lipinski definition) is 0. The van der Waals surface area contributed by atoms with E-state index in [1.54, 1.807) is 25.1 Å². The Morgan fingerprint density at radius 1 is 0.814 bits per heavy atom. The highest BCUT2D eigenvalue weighted by molar-refractivity contribution is 7.99. The van der Waals surface area contributed by atoms with Crippen LogP contribution in [0.1, 0.15) is 64.9 Å². The first-order valence-corrected chi connectivity index (χ1v) is 15.6. The smallest absolute Gasteiger partial charge is 0.476 e. The number of thioether (sulfide) groups is 1. The molecule has 1 saturated heterocycles. The molecule has 4 atom stereocenters. The lowest BCUT2D eigenvalue weighted by Crippen LogP contribution is -2.56. The normalized spacial score (nSPS) is 19.7. The first kappa shape index (κ1) is 33.9. The van der Waals surface area contributed by atoms with Crippen molar-refractivity contribution < 1.29 is 52.0 Å². The number of fused-ring (bicyclic) bond motifs is 1. The van der Waals surface area contributed by atoms with Crippen LogP contribution in [0.25, 0.3) is 11.0 Å². The maximum absolute atomic E-state index is 12.7. The maximum Gasteiger partial charge on any atom is 0.508 e. The minimum Gasteiger partial charge on any atom is -0.476 e. The molecule has 1 aliphatic rings. The fraction of sp³-hybridized carbons (Fsp3) is 0.600. The summed E-state index contributed by atoms with van der Waals surface area (Å²) in [4.78, 5) is 49.8. The number of unbranched alkanes of at least 4 members (excludes halogenated alkanes) is 3. The van der Waals surface area contributed by atoms with Crippen LogP contribution in [0, 0.1) is 6.92 Å². The predicted molar refractivity (Wildman–Crippen MR) is 157 cm³/mol. The molecule has 3 rings (SSSR count). The predicted octanol–water partition coefficient (Wildman–Crippen LogP) is 6.52. The molecule has 0 N–H and O–H groups in total. The molecule has 0 amide bonds. The van der Waals surface area contributed by atoms with Crippen LogP contribution >= 0.6 is 11.8 Å². The van der Waals surface area contributed by atoms with E-state index in [9.17, 15) is 19.2 Å². The second kappa shape index (κ2) is 17.5. The van der Waals surface area contributed by atoms with Crippen molar-refractivity contribution in [1.29, 1.82) is 0 Å². The minimum absolute atomic E-state index is 0.104. The lowest BCUT2D eigenvalue weighted by Gasteiger charge is -2.39. The quantitative estimate of drug-likeness (QED) is 0.0973. The molecule has 2 heterocycles. The van der Waals surface area contributed by atoms with E-state index in [-0.39, 0.29) is 25.6 Å². The van der Waals surface area contributed by atoms with Crippen molar-refractivity contribution in [2.75, 3.05) is 25.6 Å². The van der Waals surface area contributed by atoms with Crippen LogP contribution in [-0.4, -0.2) is 67.8 Å². The van der Waals surface area contributed by atoms with E-state index in [1.165, 1.54) is 17.8 Å². The largest absolute Gasteiger partial charge is 0.508 e. The van der Waals surface area contributed by atoms with E-state index in [2.05, 4.69) is 0 Å². The molecule has 0 spiro atoms. The third-order valence-corrected chi connectivity index (χ3v) is 7.64. The van der Waals surface area contributed by atoms with Crippen molar-refractivity contribution in [2.45, 2.75) is 90.0 Å². The maximum atomic E-state index is 12.7. The van der Waals surface area contributed by atoms with Gasteiger partial charge in [0.1, 0.15) is 11.3 Å². The van der Waals surface area contributed by atoms with Crippen LogP contribution in [0.15, 0.2) is 33.5 Å². The Kier molecular flexibility index (Phi) is 13.8. The van der Waals surface area contributed by atoms with Gasteiger partial charge in [0.2, 0.25) is 0 Å². The van der Waals surface area contributed by atoms with Gasteiger partial charge in [-0.2, -0.15) is 0 Å². The van der Waals surface area contributed by atoms with Crippen molar-refractivity contribution in [3.05, 3.63) is 40.2 Å². The van der Waals surface area contributed by atoms with Crippen LogP contribution in [0.2, 0.25) is 0 Å². The number of rotatable bonds is 14. The second-order valence-electron chi connectivity index (χ2n) is 9.90. The van der Waals surface area contributed by atoms with Gasteiger partial charge in [0, 0.05) is 23.3 Å². The van der Waals surface area contributed by atoms with Crippen molar-refractivity contribution >= 4 is 41.2 Å². The van der Waals surface area contributed by atoms with E-state index < -0.39 is 47.8 Å². The standard InChI is InChI=1S/C30H40O12S/c1-5-8-13-35-28(32)40-23-18-43-27(38-20-11-12-21-19(4)16-24(31)39-22(21)17-20)26(42-30(34)37-15-10-7-3)25(23)41-29(33)36-14-9-6-2/h11-12,16-17,23,25-27H,5-10,13-15,18H2,1-4H3/t23-,25+,26-,27?/m1/s1. The highest BCUT2D eigenvalue weighted by Crippen LogP contribution is 2.35. The Balaban J connectivity index is 1.89. The molecule has 1 fully saturated rings. The molecule has 0 radical (unpaired) electrons. The fourth-order valence-electron chi connectivity index (χ4n) is 4.07. The molecule has 2 aromatic rings. The summed E-state index contributed by atoms with van der Waals surface area (Å²) in [6.45, 7) is 8.03. The third-order valence-electron chi connectivity index (χ3n) is 6.42. The zero-order valence-corrected chi connectivity index (χ0v) is 25.8. The Labute approximate surface area is 254 Å². The zero-order valence-electron chi connectivity index (χ0n) is 25.0. The number of ether oxygens (including phenoxy) is 7. The van der Waals surface area contributed by atoms with Crippen LogP contribution in [0.4, 0.5) is 14.4 Å². The van der Waals surface area contributed by atoms with Gasteiger partial charge < -0.3 is 37.6 Å². The molecule has 13 heteroatoms. The topological polar surface area (TPSA) is 146 Å². The van der Waals surface area contributed by atoms with Crippen molar-refractivity contribution in [3.63, 3.8) is 0 Å². The molecule has 0 bridgehead atoms. The lowest BCUT2D eigenvalue weighted by atomic mass is 10.1. The molecule has 1 aliphatic heterocycles. The van der Waals surface area contributed by atoms with Gasteiger partial charge >= 0.3 is 24.1 Å². The molecule has 43 heavy (non-hydrogen) atoms. The highest BCUT2D eigenvalue weighted by Gasteiger charge is 2.49. The summed E-state index contributed by atoms with van der Waals surface area (Å²) >= 11 is 1.17. The average molecular weight is 625 g/mol. The monoisotopic (exact) mass is 624 g/mol. The summed E-state index contributed by atoms with van der Waals surface area (Å²) in [5.74, 6) is 0.404. The Morgan fingerprint density at radius 2 is 1.37 bits per heavy atom. The first-order chi connectivity index (χ1) is 20.7. The number of aryl methyl sites for hydroxylation is 1. The third kappa shape index (κ3) is 10.6. The van der Waals surface area contributed by atoms with Gasteiger partial charge in [-0.1, -0.05) is 40.0 Å². The van der Waals surface area contributed by atoms with Crippen LogP contribution < -0.4 is 10.4 Å². The molecule has 1 aromatic heterocycles. The van der Waals surface area contributed by atoms with E-state index in [0.717, 1.165) is 30.2 Å². The van der Waals surface area contributed by atoms with Gasteiger partial charge in [-0.15, -0.1) is 11.8 Å². The summed E-state index contributed by atoms with van der Waals surface area (Å²) in [7, 11) is 0. The fourth-order valence-corrected chi connectivity index (χ4v) is 5.29. The van der Waals surface area contributed by atoms with E-state index in [0.29, 0.717) is 30.6 Å². The van der Waals surface area contributed by atoms with Crippen molar-refractivity contribution in [2.24, 2.45) is 0 Å². The van der Waals surface area contributed by atoms with Gasteiger partial charge in [-0.25, -0.2) is 19.2 Å². The van der Waals surface area contributed by atoms with E-state index in [1.807, 2.05) is 20.8 Å². The van der Waals surface area contributed by atoms with E-state index in [4.69, 9.17) is 37.6 Å². The lowest BCUT2D eigenvalue weighted by molar-refractivity contribution is -0.120. The number of benzene rings is 1. The number of carbonyl (C=O) groups excluding carboxylic acids is 3. The van der Waals surface area contributed by atoms with Gasteiger partial charge in [-0.05, 0) is 43.9 Å². The highest BCUT2D eigenvalue weighted by atomic mass is 32.2. The molecule has 12 nitrogen and oxygen atoms in total. The Morgan fingerprint density at radius 3 is 1.95 bits per heavy atom. The summed E-state index contributed by atoms with van der Waals surface area (Å²) in [5, 5.41) is 0.724. The van der Waals surface area contributed by atoms with Crippen LogP contribution in [-0.2, 0) is 28.4 Å². The number of hydrogen-bond acceptors (Lipinski definition) is 13. The molecule has 238 valence electrons. The van der Waals surface area contributed by atoms with Gasteiger partial charge in [0.15, 0.2) is 23.7 Å². The van der Waals surface area contributed by atoms with Crippen molar-refractivity contribution in [1.82, 2.24) is 0 Å². The Hall–Kier alpha value is -3.61. The van der Waals surface area contributed by atoms with E-state index >= 15 is 0 Å². The summed E-state index contributed by atoms with van der Waals surface area (Å²) < 4.78 is 43.8. The first-order valence-electron chi connectivity index (χ1n) is 14.6. The molecular weight excluding hydrogens is 584 g/mol. The number of carbonyl (C=O) groups is 3. The zero-order chi connectivity index (χ0) is 31.2. The summed E-state index contributed by atoms with van der Waals surface area (Å²) in [5.41, 5.74) is -0.409. The van der Waals surface area contributed by atoms with Crippen LogP contribution in [0.5, 0.6) is 5.75 Å². The summed E-state index contributed by atoms with van der Waals surface area (Å²) in [6, 6.07) is 6.35. The summed E-state index contributed by atoms with van der Waals surface area (Å²) in [6.07, 6.45) is -2.37. The molecule has 0 saturated carbocycles. The van der Waals surface area contributed by atoms with Gasteiger partial charge in [-0.3, -0.25) is 0 Å². The van der Waals surface area contributed by atoms with Crippen LogP contribution in [0.3, 0.4) is 0 Å². The van der Waals surface area contributed by atoms with Gasteiger partial charge in [0.05, 0.1) is 19.8 Å². The average Bonchev–Trinajstić information content (AvgIpc) is 2.96. The van der Waals surface area contributed by atoms with Crippen molar-refractivity contribution in [3.8, 4) is 5.75 Å². The molecule has 1 unspecified atom stereocenters. The molecule has 1 aromatic carbocycles. The minimum atomic E-state index is -1.32.